The molecule has 0 radical (unpaired) electrons. The third-order valence-electron chi connectivity index (χ3n) is 4.17. The third-order valence-corrected chi connectivity index (χ3v) is 4.17. The lowest BCUT2D eigenvalue weighted by Gasteiger charge is -2.10. The Bertz CT molecular complexity index is 786. The second-order valence-corrected chi connectivity index (χ2v) is 6.48. The fourth-order valence-corrected chi connectivity index (χ4v) is 2.51. The van der Waals surface area contributed by atoms with E-state index in [0.29, 0.717) is 13.0 Å². The molecule has 1 amide bonds. The maximum atomic E-state index is 11.8. The monoisotopic (exact) mass is 385 g/mol. The molecule has 6 heteroatoms. The molecule has 0 aliphatic carbocycles. The van der Waals surface area contributed by atoms with Gasteiger partial charge < -0.3 is 19.5 Å². The highest BCUT2D eigenvalue weighted by molar-refractivity contribution is 5.80. The molecule has 0 aliphatic rings. The average Bonchev–Trinajstić information content (AvgIpc) is 2.69. The van der Waals surface area contributed by atoms with E-state index in [1.165, 1.54) is 0 Å². The molecule has 2 aromatic carbocycles. The normalized spacial score (nSPS) is 10.2. The Balaban J connectivity index is 1.59. The van der Waals surface area contributed by atoms with E-state index in [2.05, 4.69) is 5.32 Å². The largest absolute Gasteiger partial charge is 0.497 e. The lowest BCUT2D eigenvalue weighted by atomic mass is 10.1. The van der Waals surface area contributed by atoms with E-state index in [1.807, 2.05) is 56.3 Å². The Kier molecular flexibility index (Phi) is 8.34. The molecule has 0 heterocycles. The van der Waals surface area contributed by atoms with E-state index in [0.717, 1.165) is 28.2 Å². The first-order chi connectivity index (χ1) is 13.5. The van der Waals surface area contributed by atoms with Crippen LogP contribution in [0.3, 0.4) is 0 Å². The number of rotatable bonds is 10. The number of ether oxygens (including phenoxy) is 3. The molecule has 0 aliphatic heterocycles. The van der Waals surface area contributed by atoms with Crippen molar-refractivity contribution in [1.82, 2.24) is 5.32 Å². The molecule has 0 bridgehead atoms. The van der Waals surface area contributed by atoms with Gasteiger partial charge in [-0.25, -0.2) is 0 Å². The Labute approximate surface area is 165 Å². The zero-order valence-electron chi connectivity index (χ0n) is 16.6. The highest BCUT2D eigenvalue weighted by atomic mass is 16.5. The summed E-state index contributed by atoms with van der Waals surface area (Å²) < 4.78 is 15.7. The standard InChI is InChI=1S/C22H27NO5/c1-16-4-5-17(2)20(14-16)27-13-11-22(25)28-15-21(24)23-12-10-18-6-8-19(26-3)9-7-18/h4-9,14H,10-13,15H2,1-3H3,(H,23,24). The molecule has 0 saturated carbocycles. The molecule has 0 fully saturated rings. The van der Waals surface area contributed by atoms with Crippen LogP contribution in [0.25, 0.3) is 0 Å². The lowest BCUT2D eigenvalue weighted by Crippen LogP contribution is -2.30. The Morgan fingerprint density at radius 1 is 1.04 bits per heavy atom. The highest BCUT2D eigenvalue weighted by Gasteiger charge is 2.08. The minimum Gasteiger partial charge on any atom is -0.497 e. The average molecular weight is 385 g/mol. The van der Waals surface area contributed by atoms with Crippen molar-refractivity contribution < 1.29 is 23.8 Å². The number of benzene rings is 2. The molecule has 0 saturated heterocycles. The van der Waals surface area contributed by atoms with Crippen molar-refractivity contribution in [2.45, 2.75) is 26.7 Å². The van der Waals surface area contributed by atoms with Crippen LogP contribution in [0.15, 0.2) is 42.5 Å². The van der Waals surface area contributed by atoms with Gasteiger partial charge in [0.15, 0.2) is 6.61 Å². The fraction of sp³-hybridized carbons (Fsp3) is 0.364. The van der Waals surface area contributed by atoms with E-state index in [4.69, 9.17) is 14.2 Å². The summed E-state index contributed by atoms with van der Waals surface area (Å²) in [4.78, 5) is 23.5. The van der Waals surface area contributed by atoms with E-state index in [-0.39, 0.29) is 25.5 Å². The number of hydrogen-bond acceptors (Lipinski definition) is 5. The number of carbonyl (C=O) groups is 2. The minimum absolute atomic E-state index is 0.0898. The first-order valence-corrected chi connectivity index (χ1v) is 9.23. The molecular weight excluding hydrogens is 358 g/mol. The molecule has 2 rings (SSSR count). The number of aryl methyl sites for hydroxylation is 2. The quantitative estimate of drug-likeness (QED) is 0.637. The molecule has 0 aromatic heterocycles. The summed E-state index contributed by atoms with van der Waals surface area (Å²) in [6, 6.07) is 13.5. The molecule has 0 unspecified atom stereocenters. The summed E-state index contributed by atoms with van der Waals surface area (Å²) >= 11 is 0. The van der Waals surface area contributed by atoms with Gasteiger partial charge in [-0.05, 0) is 55.2 Å². The van der Waals surface area contributed by atoms with Gasteiger partial charge in [-0.2, -0.15) is 0 Å². The molecule has 2 aromatic rings. The summed E-state index contributed by atoms with van der Waals surface area (Å²) in [6.45, 7) is 4.32. The SMILES string of the molecule is COc1ccc(CCNC(=O)COC(=O)CCOc2cc(C)ccc2C)cc1. The van der Waals surface area contributed by atoms with E-state index in [9.17, 15) is 9.59 Å². The van der Waals surface area contributed by atoms with Crippen molar-refractivity contribution in [3.8, 4) is 11.5 Å². The van der Waals surface area contributed by atoms with Crippen LogP contribution in [0, 0.1) is 13.8 Å². The van der Waals surface area contributed by atoms with Crippen molar-refractivity contribution in [2.24, 2.45) is 0 Å². The van der Waals surface area contributed by atoms with Crippen molar-refractivity contribution in [1.29, 1.82) is 0 Å². The van der Waals surface area contributed by atoms with Gasteiger partial charge in [0, 0.05) is 6.54 Å². The topological polar surface area (TPSA) is 73.9 Å². The number of methoxy groups -OCH3 is 1. The molecule has 0 atom stereocenters. The zero-order chi connectivity index (χ0) is 20.4. The van der Waals surface area contributed by atoms with E-state index >= 15 is 0 Å². The Morgan fingerprint density at radius 3 is 2.50 bits per heavy atom. The molecule has 1 N–H and O–H groups in total. The molecule has 0 spiro atoms. The summed E-state index contributed by atoms with van der Waals surface area (Å²) in [5.74, 6) is 0.762. The van der Waals surface area contributed by atoms with Gasteiger partial charge in [-0.3, -0.25) is 9.59 Å². The Morgan fingerprint density at radius 2 is 1.79 bits per heavy atom. The van der Waals surface area contributed by atoms with Crippen LogP contribution >= 0.6 is 0 Å². The summed E-state index contributed by atoms with van der Waals surface area (Å²) in [5, 5.41) is 2.73. The second-order valence-electron chi connectivity index (χ2n) is 6.48. The smallest absolute Gasteiger partial charge is 0.309 e. The van der Waals surface area contributed by atoms with E-state index in [1.54, 1.807) is 7.11 Å². The number of nitrogens with one attached hydrogen (secondary N) is 1. The lowest BCUT2D eigenvalue weighted by molar-refractivity contribution is -0.149. The maximum absolute atomic E-state index is 11.8. The third kappa shape index (κ3) is 7.31. The molecule has 28 heavy (non-hydrogen) atoms. The number of esters is 1. The van der Waals surface area contributed by atoms with Crippen LogP contribution in [0.2, 0.25) is 0 Å². The van der Waals surface area contributed by atoms with Gasteiger partial charge in [0.1, 0.15) is 11.5 Å². The molecule has 6 nitrogen and oxygen atoms in total. The minimum atomic E-state index is -0.462. The number of carbonyl (C=O) groups excluding carboxylic acids is 2. The summed E-state index contributed by atoms with van der Waals surface area (Å²) in [5.41, 5.74) is 3.19. The van der Waals surface area contributed by atoms with Crippen molar-refractivity contribution in [3.63, 3.8) is 0 Å². The van der Waals surface area contributed by atoms with Crippen LogP contribution in [0.4, 0.5) is 0 Å². The second kappa shape index (κ2) is 11.0. The first-order valence-electron chi connectivity index (χ1n) is 9.23. The van der Waals surface area contributed by atoms with Crippen LogP contribution in [-0.4, -0.2) is 38.7 Å². The van der Waals surface area contributed by atoms with Crippen LogP contribution in [0.5, 0.6) is 11.5 Å². The predicted molar refractivity (Wildman–Crippen MR) is 107 cm³/mol. The van der Waals surface area contributed by atoms with Crippen LogP contribution in [-0.2, 0) is 20.7 Å². The van der Waals surface area contributed by atoms with Crippen molar-refractivity contribution in [2.75, 3.05) is 26.9 Å². The number of amides is 1. The van der Waals surface area contributed by atoms with Crippen LogP contribution in [0.1, 0.15) is 23.1 Å². The number of hydrogen-bond donors (Lipinski definition) is 1. The highest BCUT2D eigenvalue weighted by Crippen LogP contribution is 2.19. The van der Waals surface area contributed by atoms with Crippen molar-refractivity contribution >= 4 is 11.9 Å². The Hall–Kier alpha value is -3.02. The van der Waals surface area contributed by atoms with Gasteiger partial charge >= 0.3 is 5.97 Å². The summed E-state index contributed by atoms with van der Waals surface area (Å²) in [6.07, 6.45) is 0.778. The van der Waals surface area contributed by atoms with Crippen molar-refractivity contribution in [3.05, 3.63) is 59.2 Å². The fourth-order valence-electron chi connectivity index (χ4n) is 2.51. The van der Waals surface area contributed by atoms with E-state index < -0.39 is 5.97 Å². The zero-order valence-corrected chi connectivity index (χ0v) is 16.6. The van der Waals surface area contributed by atoms with Gasteiger partial charge in [0.05, 0.1) is 20.1 Å². The van der Waals surface area contributed by atoms with Gasteiger partial charge in [0.2, 0.25) is 0 Å². The molecular formula is C22H27NO5. The van der Waals surface area contributed by atoms with Gasteiger partial charge in [-0.1, -0.05) is 24.3 Å². The van der Waals surface area contributed by atoms with Gasteiger partial charge in [-0.15, -0.1) is 0 Å². The summed E-state index contributed by atoms with van der Waals surface area (Å²) in [7, 11) is 1.62. The van der Waals surface area contributed by atoms with Crippen LogP contribution < -0.4 is 14.8 Å². The predicted octanol–water partition coefficient (Wildman–Crippen LogP) is 2.98. The molecule has 150 valence electrons. The maximum Gasteiger partial charge on any atom is 0.309 e. The first kappa shape index (κ1) is 21.3. The van der Waals surface area contributed by atoms with Gasteiger partial charge in [0.25, 0.3) is 5.91 Å².